The van der Waals surface area contributed by atoms with Gasteiger partial charge in [0.15, 0.2) is 0 Å². The highest BCUT2D eigenvalue weighted by Gasteiger charge is 2.19. The molecule has 2 amide bonds. The summed E-state index contributed by atoms with van der Waals surface area (Å²) in [6, 6.07) is 15.1. The smallest absolute Gasteiger partial charge is 0.322 e. The van der Waals surface area contributed by atoms with Crippen molar-refractivity contribution in [1.82, 2.24) is 4.90 Å². The molecule has 0 aromatic heterocycles. The molecule has 0 aliphatic carbocycles. The van der Waals surface area contributed by atoms with Crippen molar-refractivity contribution >= 4 is 11.7 Å². The number of carbonyl (C=O) groups excluding carboxylic acids is 1. The molecule has 0 saturated carbocycles. The molecule has 0 aliphatic heterocycles. The normalized spacial score (nSPS) is 10.4. The van der Waals surface area contributed by atoms with E-state index in [1.807, 2.05) is 44.2 Å². The number of nitrogens with one attached hydrogen (secondary N) is 1. The van der Waals surface area contributed by atoms with Gasteiger partial charge in [-0.1, -0.05) is 30.3 Å². The molecule has 0 aliphatic rings. The van der Waals surface area contributed by atoms with Gasteiger partial charge >= 0.3 is 6.03 Å². The number of ether oxygens (including phenoxy) is 2. The van der Waals surface area contributed by atoms with E-state index in [-0.39, 0.29) is 12.1 Å². The number of amides is 2. The Morgan fingerprint density at radius 2 is 1.79 bits per heavy atom. The molecule has 2 aromatic carbocycles. The number of urea groups is 1. The fraction of sp³-hybridized carbons (Fsp3) is 0.316. The Morgan fingerprint density at radius 3 is 2.38 bits per heavy atom. The molecule has 5 nitrogen and oxygen atoms in total. The lowest BCUT2D eigenvalue weighted by atomic mass is 10.2. The first-order valence-corrected chi connectivity index (χ1v) is 7.88. The minimum Gasteiger partial charge on any atom is -0.497 e. The van der Waals surface area contributed by atoms with Crippen LogP contribution in [0.25, 0.3) is 0 Å². The Labute approximate surface area is 143 Å². The molecule has 0 atom stereocenters. The van der Waals surface area contributed by atoms with Gasteiger partial charge in [-0.3, -0.25) is 0 Å². The highest BCUT2D eigenvalue weighted by molar-refractivity contribution is 5.91. The molecule has 24 heavy (non-hydrogen) atoms. The lowest BCUT2D eigenvalue weighted by molar-refractivity contribution is 0.193. The first-order valence-electron chi connectivity index (χ1n) is 7.88. The molecule has 128 valence electrons. The van der Waals surface area contributed by atoms with Crippen LogP contribution in [0.15, 0.2) is 48.5 Å². The number of anilines is 1. The maximum atomic E-state index is 12.7. The van der Waals surface area contributed by atoms with E-state index in [1.54, 1.807) is 37.3 Å². The maximum absolute atomic E-state index is 12.7. The van der Waals surface area contributed by atoms with Gasteiger partial charge in [0.05, 0.1) is 19.9 Å². The minimum absolute atomic E-state index is 0.0572. The third-order valence-corrected chi connectivity index (χ3v) is 3.73. The van der Waals surface area contributed by atoms with E-state index >= 15 is 0 Å². The molecular weight excluding hydrogens is 304 g/mol. The second kappa shape index (κ2) is 8.24. The minimum atomic E-state index is -0.180. The number of benzene rings is 2. The Hall–Kier alpha value is -2.69. The Bertz CT molecular complexity index is 672. The zero-order valence-electron chi connectivity index (χ0n) is 14.6. The highest BCUT2D eigenvalue weighted by atomic mass is 16.5. The summed E-state index contributed by atoms with van der Waals surface area (Å²) in [4.78, 5) is 14.5. The molecule has 0 fully saturated rings. The van der Waals surface area contributed by atoms with Gasteiger partial charge in [-0.2, -0.15) is 0 Å². The molecule has 0 spiro atoms. The number of hydrogen-bond acceptors (Lipinski definition) is 3. The molecule has 0 saturated heterocycles. The molecule has 5 heteroatoms. The van der Waals surface area contributed by atoms with E-state index < -0.39 is 0 Å². The summed E-state index contributed by atoms with van der Waals surface area (Å²) < 4.78 is 10.5. The van der Waals surface area contributed by atoms with Crippen LogP contribution in [0.5, 0.6) is 11.5 Å². The van der Waals surface area contributed by atoms with Crippen LogP contribution in [0.1, 0.15) is 19.4 Å². The zero-order valence-corrected chi connectivity index (χ0v) is 14.6. The average molecular weight is 328 g/mol. The molecule has 2 rings (SSSR count). The number of methoxy groups -OCH3 is 2. The SMILES string of the molecule is COc1ccc(OC)c(NC(=O)N(Cc2ccccc2)C(C)C)c1. The Balaban J connectivity index is 2.19. The second-order valence-electron chi connectivity index (χ2n) is 5.70. The molecule has 0 radical (unpaired) electrons. The average Bonchev–Trinajstić information content (AvgIpc) is 2.60. The topological polar surface area (TPSA) is 50.8 Å². The van der Waals surface area contributed by atoms with E-state index in [0.717, 1.165) is 5.56 Å². The van der Waals surface area contributed by atoms with Crippen molar-refractivity contribution in [3.05, 3.63) is 54.1 Å². The van der Waals surface area contributed by atoms with Gasteiger partial charge in [-0.25, -0.2) is 4.79 Å². The molecule has 0 unspecified atom stereocenters. The van der Waals surface area contributed by atoms with Crippen molar-refractivity contribution in [1.29, 1.82) is 0 Å². The van der Waals surface area contributed by atoms with E-state index in [9.17, 15) is 4.79 Å². The van der Waals surface area contributed by atoms with Gasteiger partial charge in [0.2, 0.25) is 0 Å². The number of carbonyl (C=O) groups is 1. The van der Waals surface area contributed by atoms with Crippen molar-refractivity contribution < 1.29 is 14.3 Å². The van der Waals surface area contributed by atoms with Gasteiger partial charge in [-0.15, -0.1) is 0 Å². The highest BCUT2D eigenvalue weighted by Crippen LogP contribution is 2.29. The largest absolute Gasteiger partial charge is 0.497 e. The second-order valence-corrected chi connectivity index (χ2v) is 5.70. The predicted octanol–water partition coefficient (Wildman–Crippen LogP) is 4.15. The van der Waals surface area contributed by atoms with Crippen LogP contribution in [0.3, 0.4) is 0 Å². The van der Waals surface area contributed by atoms with Crippen LogP contribution >= 0.6 is 0 Å². The molecule has 1 N–H and O–H groups in total. The van der Waals surface area contributed by atoms with Gasteiger partial charge in [0.1, 0.15) is 11.5 Å². The quantitative estimate of drug-likeness (QED) is 0.867. The number of nitrogens with zero attached hydrogens (tertiary/aromatic N) is 1. The lowest BCUT2D eigenvalue weighted by Crippen LogP contribution is -2.39. The van der Waals surface area contributed by atoms with Gasteiger partial charge in [-0.05, 0) is 31.5 Å². The Morgan fingerprint density at radius 1 is 1.08 bits per heavy atom. The molecule has 0 heterocycles. The van der Waals surface area contributed by atoms with E-state index in [0.29, 0.717) is 23.7 Å². The van der Waals surface area contributed by atoms with E-state index in [4.69, 9.17) is 9.47 Å². The number of hydrogen-bond donors (Lipinski definition) is 1. The number of rotatable bonds is 6. The van der Waals surface area contributed by atoms with Crippen LogP contribution < -0.4 is 14.8 Å². The van der Waals surface area contributed by atoms with E-state index in [2.05, 4.69) is 5.32 Å². The molecular formula is C19H24N2O3. The first kappa shape index (κ1) is 17.7. The summed E-state index contributed by atoms with van der Waals surface area (Å²) in [7, 11) is 3.16. The van der Waals surface area contributed by atoms with Crippen molar-refractivity contribution in [3.63, 3.8) is 0 Å². The third-order valence-electron chi connectivity index (χ3n) is 3.73. The van der Waals surface area contributed by atoms with Crippen LogP contribution in [-0.2, 0) is 6.54 Å². The fourth-order valence-electron chi connectivity index (χ4n) is 2.37. The first-order chi connectivity index (χ1) is 11.5. The van der Waals surface area contributed by atoms with Crippen LogP contribution in [-0.4, -0.2) is 31.2 Å². The van der Waals surface area contributed by atoms with Gasteiger partial charge in [0, 0.05) is 18.7 Å². The predicted molar refractivity (Wildman–Crippen MR) is 95.7 cm³/mol. The van der Waals surface area contributed by atoms with Crippen molar-refractivity contribution in [2.45, 2.75) is 26.4 Å². The lowest BCUT2D eigenvalue weighted by Gasteiger charge is -2.27. The van der Waals surface area contributed by atoms with E-state index in [1.165, 1.54) is 0 Å². The molecule has 0 bridgehead atoms. The van der Waals surface area contributed by atoms with Crippen LogP contribution in [0.4, 0.5) is 10.5 Å². The Kier molecular flexibility index (Phi) is 6.07. The standard InChI is InChI=1S/C19H24N2O3/c1-14(2)21(13-15-8-6-5-7-9-15)19(22)20-17-12-16(23-3)10-11-18(17)24-4/h5-12,14H,13H2,1-4H3,(H,20,22). The third kappa shape index (κ3) is 4.41. The summed E-state index contributed by atoms with van der Waals surface area (Å²) in [5, 5.41) is 2.92. The van der Waals surface area contributed by atoms with Crippen LogP contribution in [0, 0.1) is 0 Å². The summed E-state index contributed by atoms with van der Waals surface area (Å²) in [6.07, 6.45) is 0. The van der Waals surface area contributed by atoms with Gasteiger partial charge < -0.3 is 19.7 Å². The summed E-state index contributed by atoms with van der Waals surface area (Å²) >= 11 is 0. The maximum Gasteiger partial charge on any atom is 0.322 e. The van der Waals surface area contributed by atoms with Crippen LogP contribution in [0.2, 0.25) is 0 Å². The van der Waals surface area contributed by atoms with Gasteiger partial charge in [0.25, 0.3) is 0 Å². The van der Waals surface area contributed by atoms with Crippen molar-refractivity contribution in [2.24, 2.45) is 0 Å². The van der Waals surface area contributed by atoms with Crippen molar-refractivity contribution in [2.75, 3.05) is 19.5 Å². The fourth-order valence-corrected chi connectivity index (χ4v) is 2.37. The summed E-state index contributed by atoms with van der Waals surface area (Å²) in [5.41, 5.74) is 1.67. The summed E-state index contributed by atoms with van der Waals surface area (Å²) in [6.45, 7) is 4.52. The summed E-state index contributed by atoms with van der Waals surface area (Å²) in [5.74, 6) is 1.25. The molecule has 2 aromatic rings. The van der Waals surface area contributed by atoms with Crippen molar-refractivity contribution in [3.8, 4) is 11.5 Å². The zero-order chi connectivity index (χ0) is 17.5. The monoisotopic (exact) mass is 328 g/mol.